The predicted molar refractivity (Wildman–Crippen MR) is 444 cm³/mol. The van der Waals surface area contributed by atoms with Gasteiger partial charge in [-0.1, -0.05) is 106 Å². The van der Waals surface area contributed by atoms with Crippen LogP contribution in [-0.4, -0.2) is 141 Å². The Bertz CT molecular complexity index is 3980. The first-order valence-corrected chi connectivity index (χ1v) is 41.0. The molecular weight excluding hydrogens is 1410 g/mol. The zero-order valence-corrected chi connectivity index (χ0v) is 67.1. The van der Waals surface area contributed by atoms with Crippen molar-refractivity contribution in [3.05, 3.63) is 236 Å². The van der Waals surface area contributed by atoms with E-state index in [0.29, 0.717) is 55.0 Å². The summed E-state index contributed by atoms with van der Waals surface area (Å²) < 4.78 is 21.7. The number of fused-ring (bicyclic) bond motifs is 5. The van der Waals surface area contributed by atoms with Crippen molar-refractivity contribution >= 4 is 86.8 Å². The van der Waals surface area contributed by atoms with E-state index < -0.39 is 0 Å². The molecule has 0 fully saturated rings. The quantitative estimate of drug-likeness (QED) is 0.0537. The number of Topliss-reactive ketones (excluding diaryl/α,β-unsaturated/α-hetero) is 1. The predicted octanol–water partition coefficient (Wildman–Crippen LogP) is 14.5. The van der Waals surface area contributed by atoms with Crippen LogP contribution < -0.4 is 43.1 Å². The number of phenols is 1. The van der Waals surface area contributed by atoms with Crippen molar-refractivity contribution in [2.45, 2.75) is 186 Å². The van der Waals surface area contributed by atoms with E-state index in [1.54, 1.807) is 39.8 Å². The molecule has 11 nitrogen and oxygen atoms in total. The maximum Gasteiger partial charge on any atom is 1.00 e. The van der Waals surface area contributed by atoms with Gasteiger partial charge in [0.1, 0.15) is 34.5 Å². The van der Waals surface area contributed by atoms with Crippen molar-refractivity contribution < 1.29 is 53.9 Å². The second-order valence-electron chi connectivity index (χ2n) is 27.4. The number of halogens is 1. The molecule has 4 atom stereocenters. The summed E-state index contributed by atoms with van der Waals surface area (Å²) >= 11 is 7.36. The van der Waals surface area contributed by atoms with Crippen LogP contribution >= 0.6 is 57.8 Å². The van der Waals surface area contributed by atoms with E-state index >= 15 is 0 Å². The number of nitrogens with one attached hydrogen (secondary N) is 1. The number of hydrogen-bond donors (Lipinski definition) is 2. The monoisotopic (exact) mass is 1520 g/mol. The van der Waals surface area contributed by atoms with Crippen molar-refractivity contribution in [1.82, 2.24) is 20.0 Å². The molecule has 5 aromatic carbocycles. The molecule has 5 aliphatic rings. The number of thiophene rings is 4. The van der Waals surface area contributed by atoms with Crippen LogP contribution in [0.4, 0.5) is 0 Å². The maximum absolute atomic E-state index is 12.5. The van der Waals surface area contributed by atoms with Crippen molar-refractivity contribution in [3.63, 3.8) is 0 Å². The van der Waals surface area contributed by atoms with Gasteiger partial charge in [0.05, 0.1) is 28.4 Å². The first kappa shape index (κ1) is 86.6. The number of carbonyl (C=O) groups excluding carboxylic acids is 2. The minimum absolute atomic E-state index is 0. The summed E-state index contributed by atoms with van der Waals surface area (Å²) in [6.45, 7) is 13.1. The largest absolute Gasteiger partial charge is 1.00 e. The van der Waals surface area contributed by atoms with Gasteiger partial charge in [-0.05, 0) is 267 Å². The zero-order valence-electron chi connectivity index (χ0n) is 64.0. The van der Waals surface area contributed by atoms with Gasteiger partial charge in [0, 0.05) is 89.1 Å². The minimum atomic E-state index is 0. The normalized spacial score (nSPS) is 16.5. The average Bonchev–Trinajstić information content (AvgIpc) is 0.874. The summed E-state index contributed by atoms with van der Waals surface area (Å²) in [6.07, 6.45) is 22.7. The number of benzene rings is 5. The third kappa shape index (κ3) is 25.2. The van der Waals surface area contributed by atoms with E-state index in [1.165, 1.54) is 121 Å². The summed E-state index contributed by atoms with van der Waals surface area (Å²) in [6, 6.07) is 50.7. The molecule has 9 aromatic rings. The Morgan fingerprint density at radius 1 is 0.457 bits per heavy atom. The summed E-state index contributed by atoms with van der Waals surface area (Å²) in [4.78, 5) is 37.0. The Hall–Kier alpha value is -5.66. The SMILES string of the molecule is CCC(=O)N(CCc1cccs1)C1CCc2c(cccc2OC)C1.CCCN(CCc1cccs1)C1CCc2c(O)cccc2C1.CCCN(CCc1cccs1)C1CCc2c(cccc2OC)C1.COc1cccc2c1CCC(=O)C2.COc1cccc2c1CCC(NCCc1cccs1)C2.Cl.[AlH3].[H-].[Li+]. The van der Waals surface area contributed by atoms with Crippen LogP contribution in [0.15, 0.2) is 161 Å². The van der Waals surface area contributed by atoms with Crippen molar-refractivity contribution in [2.75, 3.05) is 67.7 Å². The molecule has 5 aliphatic carbocycles. The number of ketones is 1. The summed E-state index contributed by atoms with van der Waals surface area (Å²) in [5.41, 5.74) is 13.3. The Morgan fingerprint density at radius 3 is 1.28 bits per heavy atom. The van der Waals surface area contributed by atoms with Crippen LogP contribution in [-0.2, 0) is 99.5 Å². The number of rotatable bonds is 25. The fourth-order valence-corrected chi connectivity index (χ4v) is 18.5. The van der Waals surface area contributed by atoms with Crippen molar-refractivity contribution in [2.24, 2.45) is 0 Å². The minimum Gasteiger partial charge on any atom is -1.00 e. The number of ether oxygens (including phenoxy) is 4. The van der Waals surface area contributed by atoms with Gasteiger partial charge in [0.2, 0.25) is 5.91 Å². The van der Waals surface area contributed by atoms with E-state index in [0.717, 1.165) is 138 Å². The second-order valence-corrected chi connectivity index (χ2v) is 31.6. The maximum atomic E-state index is 12.5. The molecule has 4 unspecified atom stereocenters. The fourth-order valence-electron chi connectivity index (χ4n) is 15.7. The molecule has 0 aliphatic heterocycles. The van der Waals surface area contributed by atoms with E-state index in [9.17, 15) is 14.7 Å². The smallest absolute Gasteiger partial charge is 1.00 e. The zero-order chi connectivity index (χ0) is 71.4. The van der Waals surface area contributed by atoms with Gasteiger partial charge >= 0.3 is 18.9 Å². The van der Waals surface area contributed by atoms with Gasteiger partial charge in [-0.25, -0.2) is 0 Å². The second kappa shape index (κ2) is 46.0. The third-order valence-corrected chi connectivity index (χ3v) is 24.7. The third-order valence-electron chi connectivity index (χ3n) is 21.0. The van der Waals surface area contributed by atoms with Gasteiger partial charge < -0.3 is 35.7 Å². The number of hydrogen-bond acceptors (Lipinski definition) is 14. The molecule has 14 rings (SSSR count). The number of phenolic OH excluding ortho intramolecular Hbond substituents is 1. The van der Waals surface area contributed by atoms with E-state index in [1.807, 2.05) is 77.3 Å². The Kier molecular flexibility index (Phi) is 37.9. The van der Waals surface area contributed by atoms with Crippen LogP contribution in [0.2, 0.25) is 0 Å². The topological polar surface area (TPSA) is 113 Å². The number of amides is 1. The molecule has 0 spiro atoms. The number of carbonyl (C=O) groups is 2. The van der Waals surface area contributed by atoms with Crippen molar-refractivity contribution in [1.29, 1.82) is 0 Å². The van der Waals surface area contributed by atoms with Gasteiger partial charge in [0.15, 0.2) is 17.4 Å². The molecule has 0 saturated heterocycles. The molecule has 0 bridgehead atoms. The van der Waals surface area contributed by atoms with Crippen LogP contribution in [0, 0.1) is 0 Å². The molecule has 560 valence electrons. The number of methoxy groups -OCH3 is 4. The summed E-state index contributed by atoms with van der Waals surface area (Å²) in [5, 5.41) is 22.3. The van der Waals surface area contributed by atoms with Crippen LogP contribution in [0.25, 0.3) is 0 Å². The average molecular weight is 1530 g/mol. The standard InChI is InChI=1S/C20H25NO2S.C20H27NOS.C19H25NOS.C17H21NOS.C11H12O2.Al.ClH.Li.4H/c1-3-20(22)21(12-11-17-7-5-13-24-17)16-9-10-18-15(14-16)6-4-8-19(18)23-2;1-3-12-21(13-11-18-7-5-14-23-18)17-9-10-19-16(15-17)6-4-8-20(19)22-2;1-2-11-20(12-10-17-6-4-13-22-17)16-8-9-18-15(14-16)5-3-7-19(18)21;1-19-17-6-2-4-13-12-14(7-8-16(13)17)18-10-9-15-5-3-11-20-15;1-13-11-4-2-3-8-7-9(12)5-6-10(8)11;;;;;;;/h4-8,13,16H,3,9-12,14H2,1-2H3;4-8,14,17H,3,9-13,15H2,1-2H3;3-7,13,16,21H,2,8-12,14H2,1H3;2-6,11,14,18H,7-10,12H2,1H3;2-4H,5-7H2,1H3;;1H;;;;;/q;;;;;;;+1;;;;-1. The Balaban J connectivity index is 0.000000208. The van der Waals surface area contributed by atoms with Crippen LogP contribution in [0.5, 0.6) is 28.7 Å². The molecule has 1 amide bonds. The van der Waals surface area contributed by atoms with Crippen LogP contribution in [0.1, 0.15) is 149 Å². The fraction of sp³-hybridized carbons (Fsp3) is 0.448. The van der Waals surface area contributed by atoms with E-state index in [-0.39, 0.29) is 56.0 Å². The molecule has 105 heavy (non-hydrogen) atoms. The molecule has 2 N–H and O–H groups in total. The van der Waals surface area contributed by atoms with Gasteiger partial charge in [0.25, 0.3) is 0 Å². The number of nitrogens with zero attached hydrogens (tertiary/aromatic N) is 3. The van der Waals surface area contributed by atoms with Gasteiger partial charge in [-0.3, -0.25) is 19.4 Å². The van der Waals surface area contributed by atoms with Crippen LogP contribution in [0.3, 0.4) is 0 Å². The number of aromatic hydroxyl groups is 1. The molecule has 18 heteroatoms. The summed E-state index contributed by atoms with van der Waals surface area (Å²) in [7, 11) is 6.95. The molecular formula is C87H115AlClLiN4O7S4. The summed E-state index contributed by atoms with van der Waals surface area (Å²) in [5.74, 6) is 5.12. The van der Waals surface area contributed by atoms with Gasteiger partial charge in [-0.2, -0.15) is 0 Å². The van der Waals surface area contributed by atoms with E-state index in [2.05, 4.69) is 159 Å². The van der Waals surface area contributed by atoms with E-state index in [4.69, 9.17) is 18.9 Å². The Morgan fingerprint density at radius 2 is 0.838 bits per heavy atom. The molecule has 0 saturated carbocycles. The first-order valence-electron chi connectivity index (χ1n) is 37.5. The first-order chi connectivity index (χ1) is 50.0. The molecule has 4 heterocycles. The molecule has 0 radical (unpaired) electrons. The molecule has 4 aromatic heterocycles. The van der Waals surface area contributed by atoms with Gasteiger partial charge in [-0.15, -0.1) is 57.8 Å². The van der Waals surface area contributed by atoms with Crippen molar-refractivity contribution in [3.8, 4) is 28.7 Å². The Labute approximate surface area is 674 Å².